The summed E-state index contributed by atoms with van der Waals surface area (Å²) in [6, 6.07) is 11.7. The summed E-state index contributed by atoms with van der Waals surface area (Å²) in [5.41, 5.74) is 1.91. The molecule has 1 unspecified atom stereocenters. The molecule has 0 spiro atoms. The maximum atomic E-state index is 12.7. The first-order chi connectivity index (χ1) is 12.7. The second-order valence-corrected chi connectivity index (χ2v) is 6.96. The van der Waals surface area contributed by atoms with E-state index in [0.717, 1.165) is 44.0 Å². The number of amides is 1. The Morgan fingerprint density at radius 2 is 2.23 bits per heavy atom. The molecule has 2 heterocycles. The van der Waals surface area contributed by atoms with Crippen molar-refractivity contribution >= 4 is 11.7 Å². The zero-order chi connectivity index (χ0) is 18.4. The Kier molecular flexibility index (Phi) is 6.10. The molecule has 1 amide bonds. The fourth-order valence-electron chi connectivity index (χ4n) is 3.38. The van der Waals surface area contributed by atoms with Crippen LogP contribution >= 0.6 is 0 Å². The van der Waals surface area contributed by atoms with Crippen LogP contribution in [0, 0.1) is 5.92 Å². The van der Waals surface area contributed by atoms with Gasteiger partial charge in [-0.15, -0.1) is 0 Å². The Balaban J connectivity index is 1.57. The van der Waals surface area contributed by atoms with Crippen molar-refractivity contribution in [3.05, 3.63) is 53.7 Å². The van der Waals surface area contributed by atoms with Crippen molar-refractivity contribution < 1.29 is 9.53 Å². The fourth-order valence-corrected chi connectivity index (χ4v) is 3.38. The summed E-state index contributed by atoms with van der Waals surface area (Å²) in [6.45, 7) is 4.65. The smallest absolute Gasteiger partial charge is 0.254 e. The molecule has 2 aromatic rings. The number of carbonyl (C=O) groups excluding carboxylic acids is 1. The minimum atomic E-state index is 0.106. The van der Waals surface area contributed by atoms with E-state index in [4.69, 9.17) is 4.74 Å². The van der Waals surface area contributed by atoms with Gasteiger partial charge in [0.1, 0.15) is 11.6 Å². The van der Waals surface area contributed by atoms with Crippen LogP contribution in [0.2, 0.25) is 0 Å². The number of anilines is 1. The van der Waals surface area contributed by atoms with Crippen molar-refractivity contribution in [3.63, 3.8) is 0 Å². The molecule has 26 heavy (non-hydrogen) atoms. The summed E-state index contributed by atoms with van der Waals surface area (Å²) in [4.78, 5) is 19.0. The molecule has 1 atom stereocenters. The van der Waals surface area contributed by atoms with E-state index in [1.165, 1.54) is 12.0 Å². The van der Waals surface area contributed by atoms with Gasteiger partial charge < -0.3 is 15.0 Å². The van der Waals surface area contributed by atoms with Crippen molar-refractivity contribution in [2.45, 2.75) is 26.2 Å². The predicted octanol–water partition coefficient (Wildman–Crippen LogP) is 3.62. The molecule has 5 heteroatoms. The number of carbonyl (C=O) groups is 1. The lowest BCUT2D eigenvalue weighted by Crippen LogP contribution is -2.39. The van der Waals surface area contributed by atoms with E-state index in [-0.39, 0.29) is 5.91 Å². The molecule has 1 N–H and O–H groups in total. The van der Waals surface area contributed by atoms with Gasteiger partial charge in [0.2, 0.25) is 0 Å². The highest BCUT2D eigenvalue weighted by Gasteiger charge is 2.22. The Bertz CT molecular complexity index is 748. The summed E-state index contributed by atoms with van der Waals surface area (Å²) in [6.07, 6.45) is 4.86. The van der Waals surface area contributed by atoms with E-state index in [9.17, 15) is 4.79 Å². The van der Waals surface area contributed by atoms with E-state index < -0.39 is 0 Å². The fraction of sp³-hybridized carbons (Fsp3) is 0.429. The largest absolute Gasteiger partial charge is 0.497 e. The van der Waals surface area contributed by atoms with E-state index in [1.807, 2.05) is 29.2 Å². The number of aromatic nitrogens is 1. The van der Waals surface area contributed by atoms with Crippen LogP contribution in [-0.4, -0.2) is 42.5 Å². The molecule has 1 fully saturated rings. The lowest BCUT2D eigenvalue weighted by molar-refractivity contribution is 0.0683. The van der Waals surface area contributed by atoms with Crippen molar-refractivity contribution in [1.82, 2.24) is 9.88 Å². The highest BCUT2D eigenvalue weighted by molar-refractivity contribution is 5.94. The van der Waals surface area contributed by atoms with Crippen molar-refractivity contribution in [2.75, 3.05) is 32.1 Å². The lowest BCUT2D eigenvalue weighted by Gasteiger charge is -2.31. The highest BCUT2D eigenvalue weighted by atomic mass is 16.5. The maximum absolute atomic E-state index is 12.7. The third-order valence-corrected chi connectivity index (χ3v) is 4.81. The Morgan fingerprint density at radius 3 is 3.04 bits per heavy atom. The number of methoxy groups -OCH3 is 1. The molecule has 0 bridgehead atoms. The van der Waals surface area contributed by atoms with Gasteiger partial charge in [0.05, 0.1) is 7.11 Å². The number of nitrogens with zero attached hydrogens (tertiary/aromatic N) is 2. The number of likely N-dealkylation sites (tertiary alicyclic amines) is 1. The van der Waals surface area contributed by atoms with Crippen LogP contribution in [0.25, 0.3) is 0 Å². The number of piperidine rings is 1. The van der Waals surface area contributed by atoms with Gasteiger partial charge in [-0.25, -0.2) is 4.98 Å². The third kappa shape index (κ3) is 4.75. The SMILES string of the molecule is COc1cccc(CCNc2cc(C(=O)N3CCCC(C)C3)ccn2)c1. The first-order valence-corrected chi connectivity index (χ1v) is 9.28. The topological polar surface area (TPSA) is 54.5 Å². The molecule has 1 aliphatic heterocycles. The summed E-state index contributed by atoms with van der Waals surface area (Å²) >= 11 is 0. The number of pyridine rings is 1. The molecule has 1 aromatic carbocycles. The van der Waals surface area contributed by atoms with E-state index in [0.29, 0.717) is 11.5 Å². The van der Waals surface area contributed by atoms with Crippen LogP contribution in [0.1, 0.15) is 35.7 Å². The van der Waals surface area contributed by atoms with Crippen LogP contribution in [0.3, 0.4) is 0 Å². The first-order valence-electron chi connectivity index (χ1n) is 9.28. The average molecular weight is 353 g/mol. The molecular formula is C21H27N3O2. The van der Waals surface area contributed by atoms with Gasteiger partial charge >= 0.3 is 0 Å². The minimum Gasteiger partial charge on any atom is -0.497 e. The molecule has 1 aliphatic rings. The van der Waals surface area contributed by atoms with Crippen molar-refractivity contribution in [1.29, 1.82) is 0 Å². The summed E-state index contributed by atoms with van der Waals surface area (Å²) in [5.74, 6) is 2.29. The van der Waals surface area contributed by atoms with Crippen LogP contribution in [0.4, 0.5) is 5.82 Å². The van der Waals surface area contributed by atoms with Crippen LogP contribution in [-0.2, 0) is 6.42 Å². The number of nitrogens with one attached hydrogen (secondary N) is 1. The lowest BCUT2D eigenvalue weighted by atomic mass is 9.99. The van der Waals surface area contributed by atoms with Crippen LogP contribution in [0.15, 0.2) is 42.6 Å². The Hall–Kier alpha value is -2.56. The molecule has 1 aromatic heterocycles. The predicted molar refractivity (Wildman–Crippen MR) is 104 cm³/mol. The summed E-state index contributed by atoms with van der Waals surface area (Å²) in [7, 11) is 1.67. The number of ether oxygens (including phenoxy) is 1. The molecule has 1 saturated heterocycles. The Morgan fingerprint density at radius 1 is 1.35 bits per heavy atom. The minimum absolute atomic E-state index is 0.106. The summed E-state index contributed by atoms with van der Waals surface area (Å²) < 4.78 is 5.25. The second-order valence-electron chi connectivity index (χ2n) is 6.96. The first kappa shape index (κ1) is 18.2. The van der Waals surface area contributed by atoms with Gasteiger partial charge in [0, 0.05) is 31.4 Å². The zero-order valence-corrected chi connectivity index (χ0v) is 15.6. The van der Waals surface area contributed by atoms with E-state index >= 15 is 0 Å². The number of benzene rings is 1. The molecule has 5 nitrogen and oxygen atoms in total. The van der Waals surface area contributed by atoms with Crippen LogP contribution in [0.5, 0.6) is 5.75 Å². The standard InChI is InChI=1S/C21H27N3O2/c1-16-5-4-12-24(15-16)21(25)18-9-11-23-20(14-18)22-10-8-17-6-3-7-19(13-17)26-2/h3,6-7,9,11,13-14,16H,4-5,8,10,12,15H2,1-2H3,(H,22,23). The molecule has 3 rings (SSSR count). The maximum Gasteiger partial charge on any atom is 0.254 e. The van der Waals surface area contributed by atoms with Crippen molar-refractivity contribution in [3.8, 4) is 5.75 Å². The highest BCUT2D eigenvalue weighted by Crippen LogP contribution is 2.19. The second kappa shape index (κ2) is 8.70. The van der Waals surface area contributed by atoms with Gasteiger partial charge in [-0.2, -0.15) is 0 Å². The van der Waals surface area contributed by atoms with Gasteiger partial charge in [-0.1, -0.05) is 19.1 Å². The zero-order valence-electron chi connectivity index (χ0n) is 15.6. The normalized spacial score (nSPS) is 17.0. The van der Waals surface area contributed by atoms with Crippen LogP contribution < -0.4 is 10.1 Å². The number of rotatable bonds is 6. The van der Waals surface area contributed by atoms with Gasteiger partial charge in [-0.05, 0) is 55.0 Å². The molecular weight excluding hydrogens is 326 g/mol. The van der Waals surface area contributed by atoms with E-state index in [2.05, 4.69) is 23.3 Å². The molecule has 138 valence electrons. The quantitative estimate of drug-likeness (QED) is 0.862. The summed E-state index contributed by atoms with van der Waals surface area (Å²) in [5, 5.41) is 3.31. The van der Waals surface area contributed by atoms with Gasteiger partial charge in [0.25, 0.3) is 5.91 Å². The molecule has 0 saturated carbocycles. The Labute approximate surface area is 155 Å². The number of hydrogen-bond acceptors (Lipinski definition) is 4. The van der Waals surface area contributed by atoms with E-state index in [1.54, 1.807) is 19.4 Å². The monoisotopic (exact) mass is 353 g/mol. The molecule has 0 radical (unpaired) electrons. The third-order valence-electron chi connectivity index (χ3n) is 4.81. The number of hydrogen-bond donors (Lipinski definition) is 1. The average Bonchev–Trinajstić information content (AvgIpc) is 2.68. The molecule has 0 aliphatic carbocycles. The van der Waals surface area contributed by atoms with Gasteiger partial charge in [-0.3, -0.25) is 4.79 Å². The van der Waals surface area contributed by atoms with Gasteiger partial charge in [0.15, 0.2) is 0 Å². The van der Waals surface area contributed by atoms with Crippen molar-refractivity contribution in [2.24, 2.45) is 5.92 Å².